The van der Waals surface area contributed by atoms with Crippen LogP contribution in [0.3, 0.4) is 0 Å². The number of halogens is 2. The number of Topliss-reactive ketones (excluding diaryl/α,β-unsaturated/α-hetero) is 1. The van der Waals surface area contributed by atoms with Crippen molar-refractivity contribution in [2.45, 2.75) is 29.5 Å². The van der Waals surface area contributed by atoms with Crippen LogP contribution in [0.25, 0.3) is 0 Å². The van der Waals surface area contributed by atoms with Gasteiger partial charge in [0.15, 0.2) is 10.1 Å². The predicted octanol–water partition coefficient (Wildman–Crippen LogP) is 5.58. The van der Waals surface area contributed by atoms with Crippen LogP contribution < -0.4 is 16.0 Å². The summed E-state index contributed by atoms with van der Waals surface area (Å²) in [5, 5.41) is 31.4. The lowest BCUT2D eigenvalue weighted by Crippen LogP contribution is -2.38. The van der Waals surface area contributed by atoms with E-state index in [0.29, 0.717) is 50.6 Å². The quantitative estimate of drug-likeness (QED) is 0.282. The number of para-hydroxylation sites is 1. The summed E-state index contributed by atoms with van der Waals surface area (Å²) in [6, 6.07) is 13.3. The number of carboxylic acids is 1. The smallest absolute Gasteiger partial charge is 0.337 e. The van der Waals surface area contributed by atoms with Crippen molar-refractivity contribution in [3.05, 3.63) is 86.3 Å². The maximum atomic E-state index is 13.3. The number of ketones is 1. The van der Waals surface area contributed by atoms with Gasteiger partial charge in [0.1, 0.15) is 5.82 Å². The number of rotatable bonds is 7. The van der Waals surface area contributed by atoms with E-state index in [2.05, 4.69) is 21.6 Å². The number of aromatic nitrogens is 2. The van der Waals surface area contributed by atoms with Gasteiger partial charge in [-0.3, -0.25) is 14.5 Å². The monoisotopic (exact) mass is 626 g/mol. The van der Waals surface area contributed by atoms with Crippen molar-refractivity contribution < 1.29 is 19.5 Å². The molecular formula is C27H20Cl2N6O4S2. The van der Waals surface area contributed by atoms with E-state index in [-0.39, 0.29) is 39.2 Å². The lowest BCUT2D eigenvalue weighted by Gasteiger charge is -2.38. The first-order chi connectivity index (χ1) is 19.7. The van der Waals surface area contributed by atoms with Gasteiger partial charge in [0.2, 0.25) is 11.0 Å². The van der Waals surface area contributed by atoms with Gasteiger partial charge in [-0.2, -0.15) is 5.26 Å². The molecule has 2 aliphatic rings. The Hall–Kier alpha value is -3.89. The molecule has 5 rings (SSSR count). The number of carbonyl (C=O) groups is 3. The van der Waals surface area contributed by atoms with Gasteiger partial charge in [-0.1, -0.05) is 70.6 Å². The van der Waals surface area contributed by atoms with Crippen molar-refractivity contribution >= 4 is 74.8 Å². The Bertz CT molecular complexity index is 1700. The van der Waals surface area contributed by atoms with Crippen molar-refractivity contribution in [1.82, 2.24) is 10.2 Å². The number of amides is 1. The number of hydrogen-bond acceptors (Lipinski definition) is 10. The van der Waals surface area contributed by atoms with Gasteiger partial charge >= 0.3 is 5.97 Å². The van der Waals surface area contributed by atoms with E-state index in [1.165, 1.54) is 12.1 Å². The second-order valence-electron chi connectivity index (χ2n) is 9.00. The summed E-state index contributed by atoms with van der Waals surface area (Å²) in [5.74, 6) is -2.41. The predicted molar refractivity (Wildman–Crippen MR) is 157 cm³/mol. The van der Waals surface area contributed by atoms with Crippen LogP contribution in [0.2, 0.25) is 10.0 Å². The molecule has 1 unspecified atom stereocenters. The molecule has 0 fully saturated rings. The van der Waals surface area contributed by atoms with E-state index in [1.807, 2.05) is 0 Å². The van der Waals surface area contributed by atoms with Crippen LogP contribution in [0.1, 0.15) is 41.1 Å². The molecule has 14 heteroatoms. The van der Waals surface area contributed by atoms with E-state index in [4.69, 9.17) is 28.9 Å². The molecule has 2 heterocycles. The lowest BCUT2D eigenvalue weighted by atomic mass is 9.76. The van der Waals surface area contributed by atoms with Crippen molar-refractivity contribution in [3.8, 4) is 6.07 Å². The molecule has 1 atom stereocenters. The molecule has 10 nitrogen and oxygen atoms in total. The minimum atomic E-state index is -1.15. The third kappa shape index (κ3) is 5.54. The molecule has 0 radical (unpaired) electrons. The minimum Gasteiger partial charge on any atom is -0.478 e. The van der Waals surface area contributed by atoms with Crippen molar-refractivity contribution in [2.24, 2.45) is 5.73 Å². The summed E-state index contributed by atoms with van der Waals surface area (Å²) >= 11 is 15.1. The molecule has 0 spiro atoms. The number of nitrogens with zero attached hydrogens (tertiary/aromatic N) is 4. The first-order valence-electron chi connectivity index (χ1n) is 12.2. The van der Waals surface area contributed by atoms with E-state index >= 15 is 0 Å². The summed E-state index contributed by atoms with van der Waals surface area (Å²) in [4.78, 5) is 38.8. The second-order valence-corrected chi connectivity index (χ2v) is 12.0. The van der Waals surface area contributed by atoms with Crippen LogP contribution in [0.4, 0.5) is 10.8 Å². The zero-order valence-corrected chi connectivity index (χ0v) is 24.2. The highest BCUT2D eigenvalue weighted by atomic mass is 35.5. The molecule has 1 aliphatic carbocycles. The number of nitrogens with one attached hydrogen (secondary N) is 1. The molecule has 41 heavy (non-hydrogen) atoms. The van der Waals surface area contributed by atoms with Crippen LogP contribution in [-0.2, 0) is 9.59 Å². The van der Waals surface area contributed by atoms with Gasteiger partial charge in [0.25, 0.3) is 0 Å². The molecule has 0 saturated heterocycles. The van der Waals surface area contributed by atoms with Gasteiger partial charge in [-0.05, 0) is 36.6 Å². The summed E-state index contributed by atoms with van der Waals surface area (Å²) in [6.07, 6.45) is 1.43. The average Bonchev–Trinajstić information content (AvgIpc) is 3.41. The van der Waals surface area contributed by atoms with Crippen molar-refractivity contribution in [3.63, 3.8) is 0 Å². The molecular weight excluding hydrogens is 607 g/mol. The molecule has 208 valence electrons. The summed E-state index contributed by atoms with van der Waals surface area (Å²) in [5.41, 5.74) is 8.45. The maximum absolute atomic E-state index is 13.3. The fourth-order valence-corrected chi connectivity index (χ4v) is 6.90. The Morgan fingerprint density at radius 2 is 1.98 bits per heavy atom. The number of allylic oxidation sites excluding steroid dienone is 3. The van der Waals surface area contributed by atoms with Crippen LogP contribution in [0, 0.1) is 11.3 Å². The molecule has 3 aromatic rings. The standard InChI is InChI=1S/C27H20Cl2N6O4S2/c28-16-7-3-6-14(23(16)29)21-15(11-30)24(31)35(18-9-4-10-19(36)22(18)21)26-33-34-27(41-26)40-12-20(37)32-17-8-2-1-5-13(17)25(38)39/h1-3,5-8,21H,4,9-10,12,31H2,(H,32,37)(H,38,39). The largest absolute Gasteiger partial charge is 0.478 e. The van der Waals surface area contributed by atoms with Gasteiger partial charge in [0, 0.05) is 17.7 Å². The molecule has 1 aromatic heterocycles. The van der Waals surface area contributed by atoms with E-state index in [1.54, 1.807) is 35.2 Å². The topological polar surface area (TPSA) is 162 Å². The Morgan fingerprint density at radius 1 is 1.20 bits per heavy atom. The third-order valence-electron chi connectivity index (χ3n) is 6.55. The molecule has 1 amide bonds. The SMILES string of the molecule is N#CC1=C(N)N(c2nnc(SCC(=O)Nc3ccccc3C(=O)O)s2)C2=C(C(=O)CCC2)C1c1cccc(Cl)c1Cl. The number of anilines is 2. The minimum absolute atomic E-state index is 0.0202. The van der Waals surface area contributed by atoms with Gasteiger partial charge in [-0.15, -0.1) is 10.2 Å². The zero-order valence-electron chi connectivity index (χ0n) is 21.1. The Balaban J connectivity index is 1.43. The Labute approximate surface area is 252 Å². The van der Waals surface area contributed by atoms with Crippen molar-refractivity contribution in [1.29, 1.82) is 5.26 Å². The number of nitriles is 1. The van der Waals surface area contributed by atoms with Crippen LogP contribution in [0.15, 0.2) is 69.5 Å². The molecule has 2 aromatic carbocycles. The fourth-order valence-electron chi connectivity index (χ4n) is 4.80. The number of hydrogen-bond donors (Lipinski definition) is 3. The van der Waals surface area contributed by atoms with Crippen LogP contribution >= 0.6 is 46.3 Å². The summed E-state index contributed by atoms with van der Waals surface area (Å²) in [6.45, 7) is 0. The van der Waals surface area contributed by atoms with E-state index in [9.17, 15) is 24.8 Å². The van der Waals surface area contributed by atoms with E-state index < -0.39 is 17.8 Å². The van der Waals surface area contributed by atoms with Crippen molar-refractivity contribution in [2.75, 3.05) is 16.0 Å². The average molecular weight is 628 g/mol. The number of carbonyl (C=O) groups excluding carboxylic acids is 2. The molecule has 0 saturated carbocycles. The molecule has 4 N–H and O–H groups in total. The van der Waals surface area contributed by atoms with E-state index in [0.717, 1.165) is 23.1 Å². The highest BCUT2D eigenvalue weighted by Gasteiger charge is 2.42. The number of carboxylic acid groups (broad SMARTS) is 1. The molecule has 0 bridgehead atoms. The highest BCUT2D eigenvalue weighted by Crippen LogP contribution is 2.49. The molecule has 1 aliphatic heterocycles. The van der Waals surface area contributed by atoms with Crippen LogP contribution in [-0.4, -0.2) is 38.7 Å². The zero-order chi connectivity index (χ0) is 29.3. The Kier molecular flexibility index (Phi) is 8.32. The number of aromatic carboxylic acids is 1. The maximum Gasteiger partial charge on any atom is 0.337 e. The number of nitrogens with two attached hydrogens (primary N) is 1. The summed E-state index contributed by atoms with van der Waals surface area (Å²) in [7, 11) is 0. The first-order valence-corrected chi connectivity index (χ1v) is 14.8. The van der Waals surface area contributed by atoms with Crippen LogP contribution in [0.5, 0.6) is 0 Å². The second kappa shape index (κ2) is 11.9. The summed E-state index contributed by atoms with van der Waals surface area (Å²) < 4.78 is 0.442. The van der Waals surface area contributed by atoms with Gasteiger partial charge < -0.3 is 16.2 Å². The number of thioether (sulfide) groups is 1. The van der Waals surface area contributed by atoms with Gasteiger partial charge in [0.05, 0.1) is 44.6 Å². The third-order valence-corrected chi connectivity index (χ3v) is 9.43. The highest BCUT2D eigenvalue weighted by molar-refractivity contribution is 8.01. The normalized spacial score (nSPS) is 16.9. The first kappa shape index (κ1) is 28.6. The fraction of sp³-hybridized carbons (Fsp3) is 0.185. The Morgan fingerprint density at radius 3 is 2.73 bits per heavy atom. The lowest BCUT2D eigenvalue weighted by molar-refractivity contribution is -0.116. The van der Waals surface area contributed by atoms with Gasteiger partial charge in [-0.25, -0.2) is 4.79 Å². The number of benzene rings is 2.